The standard InChI is InChI=1S/C46H89NO9/c1-4-5-6-7-8-9-10-11-12-13-14-15-16-17-18-21-25-28-31-34-40(50)45(54)47-38(36-55-46-44(53)43(52)42(51)41(35-48)56-46)39(49)33-30-27-24-22-19-20-23-26-29-32-37(2)3/h30,33,37-44,46,48-53H,4-29,31-32,34-36H2,1-3H3,(H,47,54)/b33-30+/t38-,39+,40?,41+,42+,43-,44+,46+/m0/s1. The first-order valence-corrected chi connectivity index (χ1v) is 23.4. The van der Waals surface area contributed by atoms with Crippen LogP contribution in [-0.4, -0.2) is 98.7 Å². The molecule has 1 amide bonds. The summed E-state index contributed by atoms with van der Waals surface area (Å²) in [6.45, 7) is 5.90. The van der Waals surface area contributed by atoms with Crippen molar-refractivity contribution in [2.75, 3.05) is 13.2 Å². The van der Waals surface area contributed by atoms with Crippen LogP contribution in [0.4, 0.5) is 0 Å². The molecule has 1 fully saturated rings. The van der Waals surface area contributed by atoms with Crippen molar-refractivity contribution in [2.45, 2.75) is 256 Å². The lowest BCUT2D eigenvalue weighted by Gasteiger charge is -2.40. The Morgan fingerprint density at radius 1 is 0.643 bits per heavy atom. The van der Waals surface area contributed by atoms with E-state index in [2.05, 4.69) is 26.1 Å². The van der Waals surface area contributed by atoms with Crippen molar-refractivity contribution in [3.8, 4) is 0 Å². The molecule has 0 aromatic rings. The SMILES string of the molecule is CCCCCCCCCCCCCCCCCCCCCC(O)C(=O)N[C@@H](CO[C@@H]1O[C@H](CO)[C@@H](O)[C@H](O)[C@H]1O)[C@H](O)/C=C/CCCCCCCCCC(C)C. The summed E-state index contributed by atoms with van der Waals surface area (Å²) in [6, 6.07) is -0.975. The number of aliphatic hydroxyl groups is 6. The molecule has 1 saturated heterocycles. The molecule has 1 unspecified atom stereocenters. The lowest BCUT2D eigenvalue weighted by Crippen LogP contribution is -2.60. The Morgan fingerprint density at radius 3 is 1.55 bits per heavy atom. The number of rotatable bonds is 38. The molecule has 1 rings (SSSR count). The quantitative estimate of drug-likeness (QED) is 0.0239. The largest absolute Gasteiger partial charge is 0.394 e. The molecule has 8 atom stereocenters. The van der Waals surface area contributed by atoms with E-state index in [-0.39, 0.29) is 6.61 Å². The molecule has 0 saturated carbocycles. The summed E-state index contributed by atoms with van der Waals surface area (Å²) in [5.41, 5.74) is 0. The van der Waals surface area contributed by atoms with Gasteiger partial charge in [0.05, 0.1) is 25.4 Å². The van der Waals surface area contributed by atoms with Gasteiger partial charge in [-0.25, -0.2) is 0 Å². The minimum atomic E-state index is -1.61. The van der Waals surface area contributed by atoms with Crippen molar-refractivity contribution >= 4 is 5.91 Å². The van der Waals surface area contributed by atoms with Crippen molar-refractivity contribution in [3.05, 3.63) is 12.2 Å². The summed E-state index contributed by atoms with van der Waals surface area (Å²) in [5.74, 6) is 0.151. The smallest absolute Gasteiger partial charge is 0.249 e. The summed E-state index contributed by atoms with van der Waals surface area (Å²) in [7, 11) is 0. The molecule has 0 aromatic heterocycles. The molecule has 56 heavy (non-hydrogen) atoms. The highest BCUT2D eigenvalue weighted by atomic mass is 16.7. The van der Waals surface area contributed by atoms with E-state index < -0.39 is 61.5 Å². The van der Waals surface area contributed by atoms with Gasteiger partial charge in [-0.2, -0.15) is 0 Å². The maximum absolute atomic E-state index is 13.0. The van der Waals surface area contributed by atoms with Crippen LogP contribution in [-0.2, 0) is 14.3 Å². The Balaban J connectivity index is 2.36. The molecule has 10 heteroatoms. The van der Waals surface area contributed by atoms with Gasteiger partial charge in [-0.3, -0.25) is 4.79 Å². The fourth-order valence-corrected chi connectivity index (χ4v) is 7.52. The number of hydrogen-bond donors (Lipinski definition) is 7. The molecule has 1 heterocycles. The molecule has 0 spiro atoms. The molecule has 7 N–H and O–H groups in total. The Hall–Kier alpha value is -1.11. The number of aliphatic hydroxyl groups excluding tert-OH is 6. The number of nitrogens with one attached hydrogen (secondary N) is 1. The van der Waals surface area contributed by atoms with E-state index in [0.29, 0.717) is 6.42 Å². The maximum atomic E-state index is 13.0. The number of allylic oxidation sites excluding steroid dienone is 1. The number of amides is 1. The molecule has 1 aliphatic rings. The summed E-state index contributed by atoms with van der Waals surface area (Å²) >= 11 is 0. The first-order chi connectivity index (χ1) is 27.1. The van der Waals surface area contributed by atoms with E-state index in [0.717, 1.165) is 50.9 Å². The average Bonchev–Trinajstić information content (AvgIpc) is 3.18. The normalized spacial score (nSPS) is 21.9. The van der Waals surface area contributed by atoms with Crippen molar-refractivity contribution < 1.29 is 44.9 Å². The third-order valence-electron chi connectivity index (χ3n) is 11.4. The van der Waals surface area contributed by atoms with E-state index >= 15 is 0 Å². The topological polar surface area (TPSA) is 169 Å². The maximum Gasteiger partial charge on any atom is 0.249 e. The van der Waals surface area contributed by atoms with E-state index in [1.165, 1.54) is 135 Å². The van der Waals surface area contributed by atoms with Gasteiger partial charge in [0.15, 0.2) is 6.29 Å². The van der Waals surface area contributed by atoms with Crippen molar-refractivity contribution in [1.29, 1.82) is 0 Å². The summed E-state index contributed by atoms with van der Waals surface area (Å²) in [5, 5.41) is 64.6. The molecular formula is C46H89NO9. The Labute approximate surface area is 342 Å². The van der Waals surface area contributed by atoms with Crippen molar-refractivity contribution in [1.82, 2.24) is 5.32 Å². The van der Waals surface area contributed by atoms with Gasteiger partial charge in [0.1, 0.15) is 30.5 Å². The lowest BCUT2D eigenvalue weighted by molar-refractivity contribution is -0.302. The number of unbranched alkanes of at least 4 members (excludes halogenated alkanes) is 25. The second-order valence-corrected chi connectivity index (χ2v) is 17.2. The summed E-state index contributed by atoms with van der Waals surface area (Å²) < 4.78 is 11.1. The van der Waals surface area contributed by atoms with Crippen LogP contribution < -0.4 is 5.32 Å². The second-order valence-electron chi connectivity index (χ2n) is 17.2. The Morgan fingerprint density at radius 2 is 1.09 bits per heavy atom. The second kappa shape index (κ2) is 35.8. The van der Waals surface area contributed by atoms with Gasteiger partial charge in [0, 0.05) is 0 Å². The number of carbonyl (C=O) groups is 1. The van der Waals surface area contributed by atoms with Gasteiger partial charge in [-0.15, -0.1) is 0 Å². The minimum Gasteiger partial charge on any atom is -0.394 e. The first kappa shape index (κ1) is 52.9. The molecule has 10 nitrogen and oxygen atoms in total. The average molecular weight is 800 g/mol. The van der Waals surface area contributed by atoms with E-state index in [1.807, 2.05) is 6.08 Å². The van der Waals surface area contributed by atoms with Gasteiger partial charge in [-0.05, 0) is 25.2 Å². The molecule has 1 aliphatic heterocycles. The van der Waals surface area contributed by atoms with Gasteiger partial charge in [0.25, 0.3) is 0 Å². The van der Waals surface area contributed by atoms with Gasteiger partial charge in [-0.1, -0.05) is 200 Å². The fraction of sp³-hybridized carbons (Fsp3) is 0.935. The zero-order chi connectivity index (χ0) is 41.2. The predicted molar refractivity (Wildman–Crippen MR) is 227 cm³/mol. The van der Waals surface area contributed by atoms with E-state index in [1.54, 1.807) is 6.08 Å². The predicted octanol–water partition coefficient (Wildman–Crippen LogP) is 8.55. The Kier molecular flexibility index (Phi) is 33.8. The molecular weight excluding hydrogens is 711 g/mol. The summed E-state index contributed by atoms with van der Waals surface area (Å²) in [6.07, 6.45) is 28.8. The van der Waals surface area contributed by atoms with E-state index in [9.17, 15) is 35.4 Å². The third kappa shape index (κ3) is 26.8. The first-order valence-electron chi connectivity index (χ1n) is 23.4. The molecule has 332 valence electrons. The molecule has 0 aliphatic carbocycles. The zero-order valence-corrected chi connectivity index (χ0v) is 36.2. The van der Waals surface area contributed by atoms with Crippen LogP contribution >= 0.6 is 0 Å². The molecule has 0 aromatic carbocycles. The lowest BCUT2D eigenvalue weighted by atomic mass is 9.99. The zero-order valence-electron chi connectivity index (χ0n) is 36.2. The van der Waals surface area contributed by atoms with Crippen LogP contribution in [0.3, 0.4) is 0 Å². The fourth-order valence-electron chi connectivity index (χ4n) is 7.52. The van der Waals surface area contributed by atoms with Gasteiger partial charge < -0.3 is 45.4 Å². The van der Waals surface area contributed by atoms with Crippen LogP contribution in [0.2, 0.25) is 0 Å². The van der Waals surface area contributed by atoms with Crippen molar-refractivity contribution in [2.24, 2.45) is 5.92 Å². The van der Waals surface area contributed by atoms with Gasteiger partial charge in [0.2, 0.25) is 5.91 Å². The van der Waals surface area contributed by atoms with Crippen molar-refractivity contribution in [3.63, 3.8) is 0 Å². The monoisotopic (exact) mass is 800 g/mol. The number of carbonyl (C=O) groups excluding carboxylic acids is 1. The minimum absolute atomic E-state index is 0.303. The van der Waals surface area contributed by atoms with E-state index in [4.69, 9.17) is 9.47 Å². The third-order valence-corrected chi connectivity index (χ3v) is 11.4. The summed E-state index contributed by atoms with van der Waals surface area (Å²) in [4.78, 5) is 13.0. The van der Waals surface area contributed by atoms with Crippen LogP contribution in [0.5, 0.6) is 0 Å². The van der Waals surface area contributed by atoms with Gasteiger partial charge >= 0.3 is 0 Å². The highest BCUT2D eigenvalue weighted by Crippen LogP contribution is 2.23. The van der Waals surface area contributed by atoms with Crippen LogP contribution in [0, 0.1) is 5.92 Å². The molecule has 0 radical (unpaired) electrons. The molecule has 0 bridgehead atoms. The highest BCUT2D eigenvalue weighted by molar-refractivity contribution is 5.80. The van der Waals surface area contributed by atoms with Crippen LogP contribution in [0.15, 0.2) is 12.2 Å². The van der Waals surface area contributed by atoms with Crippen LogP contribution in [0.1, 0.15) is 207 Å². The number of ether oxygens (including phenoxy) is 2. The highest BCUT2D eigenvalue weighted by Gasteiger charge is 2.44. The number of hydrogen-bond acceptors (Lipinski definition) is 9. The van der Waals surface area contributed by atoms with Crippen LogP contribution in [0.25, 0.3) is 0 Å². The Bertz CT molecular complexity index is 919.